The summed E-state index contributed by atoms with van der Waals surface area (Å²) in [6, 6.07) is 16.3. The Kier molecular flexibility index (Phi) is 2.96. The SMILES string of the molecule is CCc1cccc(Nc2nc3ccccc3c3nncn23)c1. The number of nitrogens with zero attached hydrogens (tertiary/aromatic N) is 4. The molecule has 0 atom stereocenters. The molecule has 0 saturated carbocycles. The third-order valence-electron chi connectivity index (χ3n) is 3.74. The lowest BCUT2D eigenvalue weighted by Crippen LogP contribution is -2.02. The second-order valence-corrected chi connectivity index (χ2v) is 5.16. The van der Waals surface area contributed by atoms with Gasteiger partial charge in [-0.1, -0.05) is 31.2 Å². The van der Waals surface area contributed by atoms with E-state index in [0.29, 0.717) is 5.95 Å². The van der Waals surface area contributed by atoms with Crippen LogP contribution in [0.15, 0.2) is 54.9 Å². The highest BCUT2D eigenvalue weighted by atomic mass is 15.3. The third kappa shape index (κ3) is 2.07. The van der Waals surface area contributed by atoms with Crippen LogP contribution in [-0.2, 0) is 6.42 Å². The number of anilines is 2. The molecule has 0 aliphatic rings. The predicted molar refractivity (Wildman–Crippen MR) is 87.4 cm³/mol. The van der Waals surface area contributed by atoms with Gasteiger partial charge < -0.3 is 5.32 Å². The second-order valence-electron chi connectivity index (χ2n) is 5.16. The van der Waals surface area contributed by atoms with Crippen molar-refractivity contribution in [2.45, 2.75) is 13.3 Å². The number of nitrogens with one attached hydrogen (secondary N) is 1. The van der Waals surface area contributed by atoms with Gasteiger partial charge in [-0.3, -0.25) is 4.40 Å². The monoisotopic (exact) mass is 289 g/mol. The summed E-state index contributed by atoms with van der Waals surface area (Å²) in [5.41, 5.74) is 4.00. The number of aromatic nitrogens is 4. The van der Waals surface area contributed by atoms with Crippen LogP contribution in [0.4, 0.5) is 11.6 Å². The van der Waals surface area contributed by atoms with E-state index in [-0.39, 0.29) is 0 Å². The number of benzene rings is 2. The van der Waals surface area contributed by atoms with Gasteiger partial charge in [-0.2, -0.15) is 0 Å². The summed E-state index contributed by atoms with van der Waals surface area (Å²) in [5.74, 6) is 0.715. The Morgan fingerprint density at radius 1 is 1.09 bits per heavy atom. The first-order chi connectivity index (χ1) is 10.8. The molecule has 5 heteroatoms. The molecular weight excluding hydrogens is 274 g/mol. The predicted octanol–water partition coefficient (Wildman–Crippen LogP) is 3.58. The molecule has 2 aromatic carbocycles. The van der Waals surface area contributed by atoms with Crippen molar-refractivity contribution in [1.29, 1.82) is 0 Å². The van der Waals surface area contributed by atoms with Gasteiger partial charge in [-0.25, -0.2) is 4.98 Å². The summed E-state index contributed by atoms with van der Waals surface area (Å²) in [6.45, 7) is 2.14. The Balaban J connectivity index is 1.87. The van der Waals surface area contributed by atoms with Crippen molar-refractivity contribution >= 4 is 28.2 Å². The van der Waals surface area contributed by atoms with E-state index in [4.69, 9.17) is 4.98 Å². The fraction of sp³-hybridized carbons (Fsp3) is 0.118. The maximum absolute atomic E-state index is 4.70. The summed E-state index contributed by atoms with van der Waals surface area (Å²) < 4.78 is 1.88. The van der Waals surface area contributed by atoms with Gasteiger partial charge in [0.15, 0.2) is 5.65 Å². The fourth-order valence-electron chi connectivity index (χ4n) is 2.59. The molecular formula is C17H15N5. The van der Waals surface area contributed by atoms with Crippen molar-refractivity contribution in [1.82, 2.24) is 19.6 Å². The standard InChI is InChI=1S/C17H15N5/c1-2-12-6-5-7-13(10-12)19-17-20-15-9-4-3-8-14(15)16-21-18-11-22(16)17/h3-11H,2H2,1H3,(H,19,20). The first kappa shape index (κ1) is 12.8. The fourth-order valence-corrected chi connectivity index (χ4v) is 2.59. The third-order valence-corrected chi connectivity index (χ3v) is 3.74. The van der Waals surface area contributed by atoms with Crippen LogP contribution >= 0.6 is 0 Å². The summed E-state index contributed by atoms with van der Waals surface area (Å²) in [6.07, 6.45) is 2.68. The van der Waals surface area contributed by atoms with Crippen molar-refractivity contribution < 1.29 is 0 Å². The zero-order chi connectivity index (χ0) is 14.9. The van der Waals surface area contributed by atoms with Gasteiger partial charge in [-0.05, 0) is 36.2 Å². The van der Waals surface area contributed by atoms with Gasteiger partial charge in [0.1, 0.15) is 6.33 Å². The lowest BCUT2D eigenvalue weighted by atomic mass is 10.1. The van der Waals surface area contributed by atoms with Crippen LogP contribution in [0.25, 0.3) is 16.6 Å². The molecule has 0 amide bonds. The van der Waals surface area contributed by atoms with Crippen molar-refractivity contribution in [3.8, 4) is 0 Å². The van der Waals surface area contributed by atoms with E-state index in [1.54, 1.807) is 6.33 Å². The van der Waals surface area contributed by atoms with Crippen LogP contribution < -0.4 is 5.32 Å². The first-order valence-corrected chi connectivity index (χ1v) is 7.29. The molecule has 5 nitrogen and oxygen atoms in total. The number of fused-ring (bicyclic) bond motifs is 3. The van der Waals surface area contributed by atoms with Gasteiger partial charge in [0, 0.05) is 11.1 Å². The maximum Gasteiger partial charge on any atom is 0.215 e. The molecule has 2 heterocycles. The molecule has 0 unspecified atom stereocenters. The highest BCUT2D eigenvalue weighted by Gasteiger charge is 2.09. The number of aryl methyl sites for hydroxylation is 1. The zero-order valence-corrected chi connectivity index (χ0v) is 12.2. The molecule has 0 aliphatic heterocycles. The topological polar surface area (TPSA) is 55.1 Å². The Hall–Kier alpha value is -2.95. The van der Waals surface area contributed by atoms with Gasteiger partial charge >= 0.3 is 0 Å². The minimum atomic E-state index is 0.715. The second kappa shape index (κ2) is 5.11. The number of hydrogen-bond acceptors (Lipinski definition) is 4. The lowest BCUT2D eigenvalue weighted by molar-refractivity contribution is 1.08. The molecule has 0 spiro atoms. The first-order valence-electron chi connectivity index (χ1n) is 7.29. The molecule has 1 N–H and O–H groups in total. The van der Waals surface area contributed by atoms with E-state index < -0.39 is 0 Å². The summed E-state index contributed by atoms with van der Waals surface area (Å²) in [5, 5.41) is 12.6. The van der Waals surface area contributed by atoms with Gasteiger partial charge in [0.2, 0.25) is 5.95 Å². The van der Waals surface area contributed by atoms with E-state index >= 15 is 0 Å². The molecule has 22 heavy (non-hydrogen) atoms. The molecule has 0 saturated heterocycles. The smallest absolute Gasteiger partial charge is 0.215 e. The normalized spacial score (nSPS) is 11.1. The van der Waals surface area contributed by atoms with E-state index in [9.17, 15) is 0 Å². The zero-order valence-electron chi connectivity index (χ0n) is 12.2. The van der Waals surface area contributed by atoms with Gasteiger partial charge in [0.25, 0.3) is 0 Å². The molecule has 108 valence electrons. The van der Waals surface area contributed by atoms with Crippen molar-refractivity contribution in [3.05, 3.63) is 60.4 Å². The summed E-state index contributed by atoms with van der Waals surface area (Å²) in [7, 11) is 0. The Morgan fingerprint density at radius 2 is 2.00 bits per heavy atom. The molecule has 0 aliphatic carbocycles. The highest BCUT2D eigenvalue weighted by Crippen LogP contribution is 2.22. The molecule has 0 fully saturated rings. The molecule has 4 rings (SSSR count). The number of para-hydroxylation sites is 1. The Labute approximate surface area is 127 Å². The van der Waals surface area contributed by atoms with Crippen molar-refractivity contribution in [2.75, 3.05) is 5.32 Å². The van der Waals surface area contributed by atoms with Crippen LogP contribution in [-0.4, -0.2) is 19.6 Å². The summed E-state index contributed by atoms with van der Waals surface area (Å²) >= 11 is 0. The van der Waals surface area contributed by atoms with Crippen LogP contribution in [0.3, 0.4) is 0 Å². The largest absolute Gasteiger partial charge is 0.325 e. The van der Waals surface area contributed by atoms with E-state index in [1.165, 1.54) is 5.56 Å². The number of hydrogen-bond donors (Lipinski definition) is 1. The molecule has 0 bridgehead atoms. The van der Waals surface area contributed by atoms with Crippen molar-refractivity contribution in [2.24, 2.45) is 0 Å². The molecule has 0 radical (unpaired) electrons. The van der Waals surface area contributed by atoms with E-state index in [2.05, 4.69) is 34.6 Å². The van der Waals surface area contributed by atoms with Gasteiger partial charge in [0.05, 0.1) is 5.52 Å². The Bertz CT molecular complexity index is 958. The van der Waals surface area contributed by atoms with E-state index in [1.807, 2.05) is 40.8 Å². The van der Waals surface area contributed by atoms with Crippen LogP contribution in [0.5, 0.6) is 0 Å². The minimum Gasteiger partial charge on any atom is -0.325 e. The average molecular weight is 289 g/mol. The summed E-state index contributed by atoms with van der Waals surface area (Å²) in [4.78, 5) is 4.70. The van der Waals surface area contributed by atoms with E-state index in [0.717, 1.165) is 28.7 Å². The molecule has 4 aromatic rings. The molecule has 2 aromatic heterocycles. The number of rotatable bonds is 3. The highest BCUT2D eigenvalue weighted by molar-refractivity contribution is 5.92. The average Bonchev–Trinajstić information content (AvgIpc) is 3.05. The minimum absolute atomic E-state index is 0.715. The van der Waals surface area contributed by atoms with Crippen LogP contribution in [0, 0.1) is 0 Å². The Morgan fingerprint density at radius 3 is 2.91 bits per heavy atom. The maximum atomic E-state index is 4.70. The van der Waals surface area contributed by atoms with Crippen molar-refractivity contribution in [3.63, 3.8) is 0 Å². The van der Waals surface area contributed by atoms with Crippen LogP contribution in [0.1, 0.15) is 12.5 Å². The van der Waals surface area contributed by atoms with Crippen LogP contribution in [0.2, 0.25) is 0 Å². The van der Waals surface area contributed by atoms with Gasteiger partial charge in [-0.15, -0.1) is 10.2 Å². The quantitative estimate of drug-likeness (QED) is 0.626. The lowest BCUT2D eigenvalue weighted by Gasteiger charge is -2.10.